The summed E-state index contributed by atoms with van der Waals surface area (Å²) in [5, 5.41) is 24.5. The Morgan fingerprint density at radius 2 is 1.69 bits per heavy atom. The molecule has 0 aromatic rings. The summed E-state index contributed by atoms with van der Waals surface area (Å²) < 4.78 is 0. The Balaban J connectivity index is 0. The molecule has 0 bridgehead atoms. The second kappa shape index (κ2) is 9.08. The Hall–Kier alpha value is -1.18. The number of carbonyl (C=O) groups is 2. The van der Waals surface area contributed by atoms with Gasteiger partial charge in [0.25, 0.3) is 0 Å². The third kappa shape index (κ3) is 9.38. The summed E-state index contributed by atoms with van der Waals surface area (Å²) in [7, 11) is 3.47. The molecule has 0 amide bonds. The van der Waals surface area contributed by atoms with Gasteiger partial charge in [0.15, 0.2) is 0 Å². The molecule has 0 aliphatic rings. The highest BCUT2D eigenvalue weighted by molar-refractivity contribution is 5.73. The number of nitrogens with zero attached hydrogens (tertiary/aromatic N) is 1. The summed E-state index contributed by atoms with van der Waals surface area (Å²) in [6.07, 6.45) is 0.120. The molecule has 7 nitrogen and oxygen atoms in total. The SMILES string of the molecule is CC(C(=O)O)N(C)C.NC(CCO)C(=O)O. The monoisotopic (exact) mass is 236 g/mol. The van der Waals surface area contributed by atoms with E-state index in [1.807, 2.05) is 0 Å². The number of aliphatic hydroxyl groups excluding tert-OH is 1. The van der Waals surface area contributed by atoms with Gasteiger partial charge in [-0.1, -0.05) is 0 Å². The summed E-state index contributed by atoms with van der Waals surface area (Å²) in [6, 6.07) is -1.30. The predicted molar refractivity (Wildman–Crippen MR) is 58.1 cm³/mol. The zero-order valence-corrected chi connectivity index (χ0v) is 9.75. The number of aliphatic hydroxyl groups is 1. The van der Waals surface area contributed by atoms with Gasteiger partial charge in [-0.25, -0.2) is 0 Å². The van der Waals surface area contributed by atoms with Crippen LogP contribution >= 0.6 is 0 Å². The molecule has 0 aliphatic carbocycles. The molecule has 2 atom stereocenters. The van der Waals surface area contributed by atoms with Crippen LogP contribution in [0.1, 0.15) is 13.3 Å². The summed E-state index contributed by atoms with van der Waals surface area (Å²) in [4.78, 5) is 21.6. The van der Waals surface area contributed by atoms with Crippen molar-refractivity contribution in [2.24, 2.45) is 5.73 Å². The van der Waals surface area contributed by atoms with Gasteiger partial charge in [-0.3, -0.25) is 14.5 Å². The van der Waals surface area contributed by atoms with Crippen LogP contribution in [0, 0.1) is 0 Å². The highest BCUT2D eigenvalue weighted by Gasteiger charge is 2.11. The molecular weight excluding hydrogens is 216 g/mol. The van der Waals surface area contributed by atoms with Crippen LogP contribution in [0.5, 0.6) is 0 Å². The van der Waals surface area contributed by atoms with E-state index in [1.165, 1.54) is 0 Å². The van der Waals surface area contributed by atoms with E-state index in [-0.39, 0.29) is 19.1 Å². The molecule has 0 saturated carbocycles. The maximum absolute atomic E-state index is 10.1. The van der Waals surface area contributed by atoms with Crippen LogP contribution in [0.4, 0.5) is 0 Å². The van der Waals surface area contributed by atoms with Crippen molar-refractivity contribution >= 4 is 11.9 Å². The van der Waals surface area contributed by atoms with Crippen molar-refractivity contribution in [2.75, 3.05) is 20.7 Å². The topological polar surface area (TPSA) is 124 Å². The fourth-order valence-corrected chi connectivity index (χ4v) is 0.483. The van der Waals surface area contributed by atoms with Gasteiger partial charge in [0, 0.05) is 6.61 Å². The zero-order chi connectivity index (χ0) is 13.3. The Labute approximate surface area is 94.5 Å². The molecule has 5 N–H and O–H groups in total. The van der Waals surface area contributed by atoms with Crippen LogP contribution < -0.4 is 5.73 Å². The first-order valence-corrected chi connectivity index (χ1v) is 4.72. The summed E-state index contributed by atoms with van der Waals surface area (Å²) in [6.45, 7) is 1.47. The molecule has 0 heterocycles. The van der Waals surface area contributed by atoms with Gasteiger partial charge in [0.05, 0.1) is 0 Å². The van der Waals surface area contributed by atoms with E-state index in [0.29, 0.717) is 0 Å². The van der Waals surface area contributed by atoms with Crippen molar-refractivity contribution in [3.63, 3.8) is 0 Å². The molecule has 0 saturated heterocycles. The zero-order valence-electron chi connectivity index (χ0n) is 9.75. The first kappa shape index (κ1) is 17.2. The van der Waals surface area contributed by atoms with Crippen LogP contribution in [-0.4, -0.2) is 64.9 Å². The van der Waals surface area contributed by atoms with E-state index in [0.717, 1.165) is 0 Å². The summed E-state index contributed by atoms with van der Waals surface area (Å²) in [5.41, 5.74) is 4.97. The standard InChI is InChI=1S/C5H11NO2.C4H9NO3/c1-4(5(7)8)6(2)3;5-3(1-2-6)4(7)8/h4H,1-3H3,(H,7,8);3,6H,1-2,5H2,(H,7,8). The van der Waals surface area contributed by atoms with Crippen molar-refractivity contribution in [1.82, 2.24) is 4.90 Å². The lowest BCUT2D eigenvalue weighted by Crippen LogP contribution is -2.32. The van der Waals surface area contributed by atoms with E-state index < -0.39 is 18.0 Å². The average Bonchev–Trinajstić information content (AvgIpc) is 2.17. The minimum atomic E-state index is -1.07. The highest BCUT2D eigenvalue weighted by atomic mass is 16.4. The Kier molecular flexibility index (Phi) is 9.77. The smallest absolute Gasteiger partial charge is 0.320 e. The molecule has 0 aliphatic heterocycles. The molecule has 7 heteroatoms. The average molecular weight is 236 g/mol. The van der Waals surface area contributed by atoms with Gasteiger partial charge in [-0.2, -0.15) is 0 Å². The van der Waals surface area contributed by atoms with Gasteiger partial charge in [-0.05, 0) is 27.4 Å². The van der Waals surface area contributed by atoms with Crippen molar-refractivity contribution < 1.29 is 24.9 Å². The molecule has 0 fully saturated rings. The van der Waals surface area contributed by atoms with Crippen molar-refractivity contribution in [3.05, 3.63) is 0 Å². The van der Waals surface area contributed by atoms with E-state index in [1.54, 1.807) is 25.9 Å². The number of aliphatic carboxylic acids is 2. The van der Waals surface area contributed by atoms with Gasteiger partial charge in [0.2, 0.25) is 0 Å². The number of likely N-dealkylation sites (N-methyl/N-ethyl adjacent to an activating group) is 1. The van der Waals surface area contributed by atoms with E-state index in [4.69, 9.17) is 21.1 Å². The minimum absolute atomic E-state index is 0.120. The van der Waals surface area contributed by atoms with Gasteiger partial charge in [0.1, 0.15) is 12.1 Å². The lowest BCUT2D eigenvalue weighted by atomic mass is 10.2. The van der Waals surface area contributed by atoms with Crippen molar-refractivity contribution in [3.8, 4) is 0 Å². The van der Waals surface area contributed by atoms with Crippen molar-refractivity contribution in [1.29, 1.82) is 0 Å². The first-order chi connectivity index (χ1) is 7.23. The van der Waals surface area contributed by atoms with Gasteiger partial charge < -0.3 is 21.1 Å². The molecule has 16 heavy (non-hydrogen) atoms. The Morgan fingerprint density at radius 3 is 1.75 bits per heavy atom. The second-order valence-corrected chi connectivity index (χ2v) is 3.43. The van der Waals surface area contributed by atoms with Gasteiger partial charge in [-0.15, -0.1) is 0 Å². The van der Waals surface area contributed by atoms with E-state index in [9.17, 15) is 9.59 Å². The number of carboxylic acids is 2. The van der Waals surface area contributed by atoms with Crippen LogP contribution in [0.15, 0.2) is 0 Å². The second-order valence-electron chi connectivity index (χ2n) is 3.43. The van der Waals surface area contributed by atoms with Crippen LogP contribution in [0.25, 0.3) is 0 Å². The molecule has 0 aromatic heterocycles. The number of rotatable bonds is 5. The molecule has 2 unspecified atom stereocenters. The fraction of sp³-hybridized carbons (Fsp3) is 0.778. The molecule has 0 aromatic carbocycles. The molecule has 96 valence electrons. The van der Waals surface area contributed by atoms with Crippen LogP contribution in [-0.2, 0) is 9.59 Å². The fourth-order valence-electron chi connectivity index (χ4n) is 0.483. The summed E-state index contributed by atoms with van der Waals surface area (Å²) in [5.74, 6) is -1.85. The lowest BCUT2D eigenvalue weighted by Gasteiger charge is -2.13. The Morgan fingerprint density at radius 1 is 1.25 bits per heavy atom. The number of hydrogen-bond acceptors (Lipinski definition) is 5. The van der Waals surface area contributed by atoms with Gasteiger partial charge >= 0.3 is 11.9 Å². The maximum atomic E-state index is 10.1. The third-order valence-corrected chi connectivity index (χ3v) is 1.89. The summed E-state index contributed by atoms with van der Waals surface area (Å²) >= 11 is 0. The Bertz CT molecular complexity index is 220. The van der Waals surface area contributed by atoms with E-state index in [2.05, 4.69) is 0 Å². The molecule has 0 radical (unpaired) electrons. The van der Waals surface area contributed by atoms with Crippen LogP contribution in [0.3, 0.4) is 0 Å². The predicted octanol–water partition coefficient (Wildman–Crippen LogP) is -1.20. The molecular formula is C9H20N2O5. The lowest BCUT2D eigenvalue weighted by molar-refractivity contribution is -0.141. The quantitative estimate of drug-likeness (QED) is 0.472. The maximum Gasteiger partial charge on any atom is 0.320 e. The molecule has 0 rings (SSSR count). The number of hydrogen-bond donors (Lipinski definition) is 4. The van der Waals surface area contributed by atoms with Crippen LogP contribution in [0.2, 0.25) is 0 Å². The third-order valence-electron chi connectivity index (χ3n) is 1.89. The first-order valence-electron chi connectivity index (χ1n) is 4.72. The molecule has 0 spiro atoms. The van der Waals surface area contributed by atoms with Crippen molar-refractivity contribution in [2.45, 2.75) is 25.4 Å². The normalized spacial score (nSPS) is 13.6. The number of nitrogens with two attached hydrogens (primary N) is 1. The highest BCUT2D eigenvalue weighted by Crippen LogP contribution is 1.88. The minimum Gasteiger partial charge on any atom is -0.480 e. The largest absolute Gasteiger partial charge is 0.480 e. The number of carboxylic acid groups (broad SMARTS) is 2. The van der Waals surface area contributed by atoms with E-state index >= 15 is 0 Å².